The average Bonchev–Trinajstić information content (AvgIpc) is 3.52. The van der Waals surface area contributed by atoms with Crippen LogP contribution in [0.15, 0.2) is 60.7 Å². The van der Waals surface area contributed by atoms with Gasteiger partial charge in [0.05, 0.1) is 0 Å². The van der Waals surface area contributed by atoms with Gasteiger partial charge in [-0.2, -0.15) is 0 Å². The molecule has 6 rings (SSSR count). The number of rotatable bonds is 6. The van der Waals surface area contributed by atoms with Gasteiger partial charge in [0.15, 0.2) is 0 Å². The Labute approximate surface area is 200 Å². The third-order valence-corrected chi connectivity index (χ3v) is 9.06. The molecule has 0 aliphatic heterocycles. The number of hydrogen-bond acceptors (Lipinski definition) is 0. The Hall–Kier alpha value is -2.34. The van der Waals surface area contributed by atoms with Crippen molar-refractivity contribution in [1.82, 2.24) is 0 Å². The molecule has 170 valence electrons. The fraction of sp³-hybridized carbons (Fsp3) is 0.455. The normalized spacial score (nSPS) is 22.4. The second-order valence-corrected chi connectivity index (χ2v) is 11.2. The Morgan fingerprint density at radius 1 is 0.970 bits per heavy atom. The third-order valence-electron chi connectivity index (χ3n) is 9.06. The Kier molecular flexibility index (Phi) is 5.65. The zero-order valence-corrected chi connectivity index (χ0v) is 20.3. The topological polar surface area (TPSA) is 0 Å². The predicted octanol–water partition coefficient (Wildman–Crippen LogP) is 8.85. The van der Waals surface area contributed by atoms with Gasteiger partial charge in [0.2, 0.25) is 0 Å². The van der Waals surface area contributed by atoms with E-state index in [9.17, 15) is 0 Å². The molecule has 0 heterocycles. The molecule has 2 saturated carbocycles. The summed E-state index contributed by atoms with van der Waals surface area (Å²) in [5.74, 6) is 2.53. The third kappa shape index (κ3) is 4.07. The molecule has 4 aliphatic rings. The molecule has 0 spiro atoms. The van der Waals surface area contributed by atoms with Crippen molar-refractivity contribution in [2.24, 2.45) is 11.8 Å². The van der Waals surface area contributed by atoms with Crippen molar-refractivity contribution < 1.29 is 0 Å². The van der Waals surface area contributed by atoms with Crippen LogP contribution in [-0.4, -0.2) is 0 Å². The molecule has 2 aromatic carbocycles. The molecule has 0 radical (unpaired) electrons. The molecular formula is C33H38. The largest absolute Gasteiger partial charge is 0.0909 e. The molecule has 0 bridgehead atoms. The predicted molar refractivity (Wildman–Crippen MR) is 141 cm³/mol. The standard InChI is InChI=1S/C33H38/c1-22-29(20-28-17-16-26-10-6-7-11-31(26)28)21-32-30(22)19-18-27(15-14-24-12-13-24)33(32)23(2)25-8-4-3-5-9-25/h6-7,10-11,17-20,23-25H,1,3-5,8-9,12-16,21H2,2H3/b29-20+. The van der Waals surface area contributed by atoms with Gasteiger partial charge in [0.25, 0.3) is 0 Å². The van der Waals surface area contributed by atoms with E-state index in [1.165, 1.54) is 91.2 Å². The molecule has 1 unspecified atom stereocenters. The molecule has 2 fully saturated rings. The van der Waals surface area contributed by atoms with Crippen molar-refractivity contribution in [3.05, 3.63) is 94.1 Å². The summed E-state index contributed by atoms with van der Waals surface area (Å²) in [5.41, 5.74) is 13.4. The van der Waals surface area contributed by atoms with E-state index in [0.717, 1.165) is 24.7 Å². The number of fused-ring (bicyclic) bond motifs is 2. The van der Waals surface area contributed by atoms with Gasteiger partial charge >= 0.3 is 0 Å². The van der Waals surface area contributed by atoms with E-state index in [-0.39, 0.29) is 0 Å². The molecule has 0 aromatic heterocycles. The Morgan fingerprint density at radius 2 is 1.79 bits per heavy atom. The van der Waals surface area contributed by atoms with Crippen molar-refractivity contribution >= 4 is 11.1 Å². The molecule has 33 heavy (non-hydrogen) atoms. The SMILES string of the molecule is C=C1/C(=C/C2=CCc3ccccc32)Cc2c1ccc(CCC1CC1)c2C(C)C1CCCCC1. The molecule has 4 aliphatic carbocycles. The first-order valence-corrected chi connectivity index (χ1v) is 13.5. The molecule has 0 N–H and O–H groups in total. The maximum absolute atomic E-state index is 4.61. The van der Waals surface area contributed by atoms with Crippen molar-refractivity contribution in [3.63, 3.8) is 0 Å². The first kappa shape index (κ1) is 21.2. The Balaban J connectivity index is 1.35. The van der Waals surface area contributed by atoms with Crippen LogP contribution in [0, 0.1) is 11.8 Å². The lowest BCUT2D eigenvalue weighted by Crippen LogP contribution is -2.17. The summed E-state index contributed by atoms with van der Waals surface area (Å²) in [4.78, 5) is 0. The van der Waals surface area contributed by atoms with E-state index in [1.54, 1.807) is 16.7 Å². The van der Waals surface area contributed by atoms with Crippen LogP contribution in [0.2, 0.25) is 0 Å². The molecule has 0 nitrogen and oxygen atoms in total. The van der Waals surface area contributed by atoms with Gasteiger partial charge in [-0.15, -0.1) is 0 Å². The highest BCUT2D eigenvalue weighted by molar-refractivity contribution is 5.91. The average molecular weight is 435 g/mol. The lowest BCUT2D eigenvalue weighted by molar-refractivity contribution is 0.314. The van der Waals surface area contributed by atoms with E-state index < -0.39 is 0 Å². The van der Waals surface area contributed by atoms with Crippen LogP contribution >= 0.6 is 0 Å². The van der Waals surface area contributed by atoms with Crippen LogP contribution in [0.25, 0.3) is 11.1 Å². The molecule has 0 amide bonds. The van der Waals surface area contributed by atoms with Crippen molar-refractivity contribution in [2.75, 3.05) is 0 Å². The summed E-state index contributed by atoms with van der Waals surface area (Å²) >= 11 is 0. The molecular weight excluding hydrogens is 396 g/mol. The van der Waals surface area contributed by atoms with Gasteiger partial charge in [-0.05, 0) is 106 Å². The number of aryl methyl sites for hydroxylation is 1. The Bertz CT molecular complexity index is 1130. The smallest absolute Gasteiger partial charge is 0.00105 e. The fourth-order valence-electron chi connectivity index (χ4n) is 6.85. The summed E-state index contributed by atoms with van der Waals surface area (Å²) in [6.45, 7) is 7.15. The van der Waals surface area contributed by atoms with Gasteiger partial charge in [-0.1, -0.05) is 94.2 Å². The molecule has 0 heteroatoms. The summed E-state index contributed by atoms with van der Waals surface area (Å²) in [5, 5.41) is 0. The minimum Gasteiger partial charge on any atom is -0.0909 e. The van der Waals surface area contributed by atoms with Gasteiger partial charge < -0.3 is 0 Å². The highest BCUT2D eigenvalue weighted by Crippen LogP contribution is 2.47. The Morgan fingerprint density at radius 3 is 2.61 bits per heavy atom. The second-order valence-electron chi connectivity index (χ2n) is 11.2. The van der Waals surface area contributed by atoms with E-state index >= 15 is 0 Å². The fourth-order valence-corrected chi connectivity index (χ4v) is 6.85. The summed E-state index contributed by atoms with van der Waals surface area (Å²) in [6, 6.07) is 13.8. The van der Waals surface area contributed by atoms with Crippen LogP contribution in [0.4, 0.5) is 0 Å². The maximum atomic E-state index is 4.61. The maximum Gasteiger partial charge on any atom is -0.00105 e. The van der Waals surface area contributed by atoms with Crippen LogP contribution < -0.4 is 0 Å². The van der Waals surface area contributed by atoms with E-state index in [4.69, 9.17) is 0 Å². The lowest BCUT2D eigenvalue weighted by atomic mass is 9.74. The van der Waals surface area contributed by atoms with Gasteiger partial charge in [-0.25, -0.2) is 0 Å². The zero-order valence-electron chi connectivity index (χ0n) is 20.3. The number of allylic oxidation sites excluding steroid dienone is 5. The van der Waals surface area contributed by atoms with Gasteiger partial charge in [0.1, 0.15) is 0 Å². The van der Waals surface area contributed by atoms with Crippen molar-refractivity contribution in [3.8, 4) is 0 Å². The monoisotopic (exact) mass is 434 g/mol. The second kappa shape index (κ2) is 8.79. The zero-order chi connectivity index (χ0) is 22.4. The molecule has 1 atom stereocenters. The first-order valence-electron chi connectivity index (χ1n) is 13.5. The van der Waals surface area contributed by atoms with Crippen molar-refractivity contribution in [1.29, 1.82) is 0 Å². The minimum atomic E-state index is 0.674. The van der Waals surface area contributed by atoms with Crippen molar-refractivity contribution in [2.45, 2.75) is 83.5 Å². The van der Waals surface area contributed by atoms with Crippen LogP contribution in [-0.2, 0) is 19.3 Å². The quantitative estimate of drug-likeness (QED) is 0.426. The summed E-state index contributed by atoms with van der Waals surface area (Å²) < 4.78 is 0. The van der Waals surface area contributed by atoms with E-state index in [1.807, 2.05) is 0 Å². The first-order chi connectivity index (χ1) is 16.2. The van der Waals surface area contributed by atoms with Gasteiger partial charge in [0, 0.05) is 0 Å². The highest BCUT2D eigenvalue weighted by Gasteiger charge is 2.31. The number of hydrogen-bond donors (Lipinski definition) is 0. The van der Waals surface area contributed by atoms with Crippen LogP contribution in [0.5, 0.6) is 0 Å². The molecule has 0 saturated heterocycles. The van der Waals surface area contributed by atoms with Crippen LogP contribution in [0.3, 0.4) is 0 Å². The van der Waals surface area contributed by atoms with Gasteiger partial charge in [-0.3, -0.25) is 0 Å². The summed E-state index contributed by atoms with van der Waals surface area (Å²) in [6.07, 6.45) is 19.7. The minimum absolute atomic E-state index is 0.674. The highest BCUT2D eigenvalue weighted by atomic mass is 14.4. The molecule has 2 aromatic rings. The lowest BCUT2D eigenvalue weighted by Gasteiger charge is -2.31. The van der Waals surface area contributed by atoms with E-state index in [2.05, 4.69) is 62.1 Å². The summed E-state index contributed by atoms with van der Waals surface area (Å²) in [7, 11) is 0. The van der Waals surface area contributed by atoms with E-state index in [0.29, 0.717) is 5.92 Å². The number of benzene rings is 2. The van der Waals surface area contributed by atoms with Crippen LogP contribution in [0.1, 0.15) is 97.6 Å².